The van der Waals surface area contributed by atoms with Crippen molar-refractivity contribution < 1.29 is 17.9 Å². The first kappa shape index (κ1) is 13.3. The van der Waals surface area contributed by atoms with Crippen LogP contribution in [0.25, 0.3) is 0 Å². The Labute approximate surface area is 105 Å². The predicted molar refractivity (Wildman–Crippen MR) is 64.8 cm³/mol. The molecule has 18 heavy (non-hydrogen) atoms. The molecule has 0 bridgehead atoms. The second kappa shape index (κ2) is 4.49. The summed E-state index contributed by atoms with van der Waals surface area (Å²) in [5, 5.41) is 9.23. The first-order chi connectivity index (χ1) is 8.38. The molecule has 0 spiro atoms. The largest absolute Gasteiger partial charge is 0.399 e. The van der Waals surface area contributed by atoms with Gasteiger partial charge < -0.3 is 10.8 Å². The summed E-state index contributed by atoms with van der Waals surface area (Å²) < 4.78 is 40.0. The van der Waals surface area contributed by atoms with Gasteiger partial charge in [-0.1, -0.05) is 0 Å². The fourth-order valence-corrected chi connectivity index (χ4v) is 3.53. The van der Waals surface area contributed by atoms with E-state index < -0.39 is 26.3 Å². The summed E-state index contributed by atoms with van der Waals surface area (Å²) in [6.45, 7) is -0.295. The number of aliphatic hydroxyl groups excluding tert-OH is 1. The molecule has 1 aromatic carbocycles. The highest BCUT2D eigenvalue weighted by Gasteiger charge is 2.40. The lowest BCUT2D eigenvalue weighted by atomic mass is 9.78. The maximum atomic E-state index is 13.5. The smallest absolute Gasteiger partial charge is 0.244 e. The van der Waals surface area contributed by atoms with Crippen LogP contribution in [0.15, 0.2) is 23.1 Å². The van der Waals surface area contributed by atoms with Crippen LogP contribution in [0.2, 0.25) is 0 Å². The monoisotopic (exact) mass is 274 g/mol. The van der Waals surface area contributed by atoms with Gasteiger partial charge in [0.2, 0.25) is 10.0 Å². The van der Waals surface area contributed by atoms with Crippen LogP contribution in [0.1, 0.15) is 19.3 Å². The Morgan fingerprint density at radius 2 is 2.11 bits per heavy atom. The molecule has 4 N–H and O–H groups in total. The molecular weight excluding hydrogens is 259 g/mol. The fraction of sp³-hybridized carbons (Fsp3) is 0.455. The van der Waals surface area contributed by atoms with Gasteiger partial charge in [0.05, 0.1) is 12.1 Å². The van der Waals surface area contributed by atoms with Crippen molar-refractivity contribution in [1.82, 2.24) is 4.72 Å². The molecule has 0 radical (unpaired) electrons. The highest BCUT2D eigenvalue weighted by atomic mass is 32.2. The highest BCUT2D eigenvalue weighted by molar-refractivity contribution is 7.89. The molecule has 0 aromatic heterocycles. The summed E-state index contributed by atoms with van der Waals surface area (Å²) in [7, 11) is -4.01. The van der Waals surface area contributed by atoms with E-state index in [1.54, 1.807) is 0 Å². The summed E-state index contributed by atoms with van der Waals surface area (Å²) in [4.78, 5) is -0.484. The minimum absolute atomic E-state index is 0.170. The van der Waals surface area contributed by atoms with Crippen LogP contribution in [0.3, 0.4) is 0 Å². The summed E-state index contributed by atoms with van der Waals surface area (Å²) in [5.41, 5.74) is 4.78. The van der Waals surface area contributed by atoms with E-state index in [1.807, 2.05) is 0 Å². The summed E-state index contributed by atoms with van der Waals surface area (Å²) in [5.74, 6) is -0.857. The van der Waals surface area contributed by atoms with Crippen molar-refractivity contribution >= 4 is 15.7 Å². The molecule has 5 nitrogen and oxygen atoms in total. The number of rotatable bonds is 4. The van der Waals surface area contributed by atoms with E-state index in [2.05, 4.69) is 4.72 Å². The van der Waals surface area contributed by atoms with E-state index in [0.29, 0.717) is 12.8 Å². The second-order valence-electron chi connectivity index (χ2n) is 4.59. The zero-order valence-electron chi connectivity index (χ0n) is 9.69. The number of anilines is 1. The topological polar surface area (TPSA) is 92.4 Å². The number of aliphatic hydroxyl groups is 1. The average molecular weight is 274 g/mol. The number of hydrogen-bond acceptors (Lipinski definition) is 4. The molecule has 2 rings (SSSR count). The van der Waals surface area contributed by atoms with Crippen molar-refractivity contribution in [3.05, 3.63) is 24.0 Å². The zero-order valence-corrected chi connectivity index (χ0v) is 10.5. The molecular formula is C11H15FN2O3S. The first-order valence-electron chi connectivity index (χ1n) is 5.58. The number of sulfonamides is 1. The van der Waals surface area contributed by atoms with E-state index in [1.165, 1.54) is 6.07 Å². The number of hydrogen-bond donors (Lipinski definition) is 3. The molecule has 0 aliphatic heterocycles. The van der Waals surface area contributed by atoms with Gasteiger partial charge in [0.25, 0.3) is 0 Å². The molecule has 0 saturated heterocycles. The second-order valence-corrected chi connectivity index (χ2v) is 6.24. The minimum Gasteiger partial charge on any atom is -0.399 e. The van der Waals surface area contributed by atoms with E-state index >= 15 is 0 Å². The Morgan fingerprint density at radius 1 is 1.44 bits per heavy atom. The summed E-state index contributed by atoms with van der Waals surface area (Å²) in [6.07, 6.45) is 1.93. The van der Waals surface area contributed by atoms with Gasteiger partial charge in [-0.05, 0) is 37.5 Å². The molecule has 1 saturated carbocycles. The zero-order chi connectivity index (χ0) is 13.4. The molecule has 0 amide bonds. The normalized spacial score (nSPS) is 18.3. The van der Waals surface area contributed by atoms with E-state index in [-0.39, 0.29) is 12.3 Å². The number of benzene rings is 1. The van der Waals surface area contributed by atoms with Crippen molar-refractivity contribution in [1.29, 1.82) is 0 Å². The third kappa shape index (κ3) is 2.33. The molecule has 7 heteroatoms. The molecule has 1 aliphatic rings. The van der Waals surface area contributed by atoms with Crippen LogP contribution >= 0.6 is 0 Å². The quantitative estimate of drug-likeness (QED) is 0.701. The summed E-state index contributed by atoms with van der Waals surface area (Å²) in [6, 6.07) is 3.37. The molecule has 0 atom stereocenters. The van der Waals surface area contributed by atoms with Gasteiger partial charge in [0.1, 0.15) is 10.7 Å². The van der Waals surface area contributed by atoms with Gasteiger partial charge in [-0.25, -0.2) is 17.5 Å². The Bertz CT molecular complexity index is 550. The van der Waals surface area contributed by atoms with E-state index in [4.69, 9.17) is 5.73 Å². The highest BCUT2D eigenvalue weighted by Crippen LogP contribution is 2.33. The van der Waals surface area contributed by atoms with Gasteiger partial charge in [0.15, 0.2) is 0 Å². The van der Waals surface area contributed by atoms with E-state index in [9.17, 15) is 17.9 Å². The van der Waals surface area contributed by atoms with Gasteiger partial charge in [-0.15, -0.1) is 0 Å². The first-order valence-corrected chi connectivity index (χ1v) is 7.07. The lowest BCUT2D eigenvalue weighted by molar-refractivity contribution is 0.110. The lowest BCUT2D eigenvalue weighted by Crippen LogP contribution is -2.56. The number of nitrogens with two attached hydrogens (primary N) is 1. The third-order valence-electron chi connectivity index (χ3n) is 3.21. The SMILES string of the molecule is Nc1ccc(F)c(S(=O)(=O)NC2(CO)CCC2)c1. The van der Waals surface area contributed by atoms with Crippen molar-refractivity contribution in [2.75, 3.05) is 12.3 Å². The Morgan fingerprint density at radius 3 is 2.61 bits per heavy atom. The number of nitrogens with one attached hydrogen (secondary N) is 1. The average Bonchev–Trinajstić information content (AvgIpc) is 2.27. The fourth-order valence-electron chi connectivity index (χ4n) is 1.96. The van der Waals surface area contributed by atoms with Crippen LogP contribution in [-0.4, -0.2) is 25.7 Å². The van der Waals surface area contributed by atoms with Gasteiger partial charge >= 0.3 is 0 Å². The maximum Gasteiger partial charge on any atom is 0.244 e. The molecule has 1 aromatic rings. The van der Waals surface area contributed by atoms with Gasteiger partial charge in [-0.3, -0.25) is 0 Å². The van der Waals surface area contributed by atoms with Gasteiger partial charge in [0, 0.05) is 5.69 Å². The molecule has 1 aliphatic carbocycles. The molecule has 100 valence electrons. The van der Waals surface area contributed by atoms with Crippen LogP contribution in [0, 0.1) is 5.82 Å². The Kier molecular flexibility index (Phi) is 3.31. The van der Waals surface area contributed by atoms with Crippen molar-refractivity contribution in [3.8, 4) is 0 Å². The maximum absolute atomic E-state index is 13.5. The number of nitrogen functional groups attached to an aromatic ring is 1. The molecule has 0 unspecified atom stereocenters. The molecule has 1 fully saturated rings. The van der Waals surface area contributed by atoms with Crippen molar-refractivity contribution in [2.45, 2.75) is 29.7 Å². The summed E-state index contributed by atoms with van der Waals surface area (Å²) >= 11 is 0. The van der Waals surface area contributed by atoms with Crippen LogP contribution < -0.4 is 10.5 Å². The van der Waals surface area contributed by atoms with Crippen molar-refractivity contribution in [3.63, 3.8) is 0 Å². The van der Waals surface area contributed by atoms with Gasteiger partial charge in [-0.2, -0.15) is 0 Å². The lowest BCUT2D eigenvalue weighted by Gasteiger charge is -2.40. The predicted octanol–water partition coefficient (Wildman–Crippen LogP) is 0.601. The Hall–Kier alpha value is -1.18. The minimum atomic E-state index is -4.01. The number of halogens is 1. The third-order valence-corrected chi connectivity index (χ3v) is 4.80. The Balaban J connectivity index is 2.33. The standard InChI is InChI=1S/C11H15FN2O3S/c12-9-3-2-8(13)6-10(9)18(16,17)14-11(7-15)4-1-5-11/h2-3,6,14-15H,1,4-5,7,13H2. The van der Waals surface area contributed by atoms with Crippen LogP contribution in [0.4, 0.5) is 10.1 Å². The molecule has 0 heterocycles. The van der Waals surface area contributed by atoms with Crippen LogP contribution in [0.5, 0.6) is 0 Å². The van der Waals surface area contributed by atoms with Crippen LogP contribution in [-0.2, 0) is 10.0 Å². The van der Waals surface area contributed by atoms with Crippen molar-refractivity contribution in [2.24, 2.45) is 0 Å². The van der Waals surface area contributed by atoms with E-state index in [0.717, 1.165) is 18.6 Å².